The number of hydrogen-bond acceptors (Lipinski definition) is 1. The molecule has 19 heavy (non-hydrogen) atoms. The molecule has 0 atom stereocenters. The molecule has 0 bridgehead atoms. The van der Waals surface area contributed by atoms with Crippen LogP contribution in [0.1, 0.15) is 0 Å². The molecule has 0 aliphatic carbocycles. The number of benzene rings is 3. The van der Waals surface area contributed by atoms with Crippen LogP contribution in [-0.2, 0) is 0 Å². The van der Waals surface area contributed by atoms with E-state index in [9.17, 15) is 0 Å². The van der Waals surface area contributed by atoms with E-state index in [4.69, 9.17) is 4.43 Å². The van der Waals surface area contributed by atoms with E-state index in [2.05, 4.69) is 74.2 Å². The van der Waals surface area contributed by atoms with Crippen LogP contribution in [0.3, 0.4) is 0 Å². The van der Waals surface area contributed by atoms with Gasteiger partial charge in [0.05, 0.1) is 0 Å². The Bertz CT molecular complexity index is 741. The fourth-order valence-corrected chi connectivity index (χ4v) is 3.27. The first kappa shape index (κ1) is 12.2. The Morgan fingerprint density at radius 3 is 2.21 bits per heavy atom. The molecule has 0 unspecified atom stereocenters. The standard InChI is InChI=1S/C17H18OSi/c1-19(2,3)18-16-10-6-8-14-12-11-13-7-4-5-9-15(13)17(14)16/h4-12H,1-3H3. The van der Waals surface area contributed by atoms with Gasteiger partial charge in [-0.15, -0.1) is 0 Å². The summed E-state index contributed by atoms with van der Waals surface area (Å²) in [5, 5.41) is 5.02. The lowest BCUT2D eigenvalue weighted by atomic mass is 10.0. The quantitative estimate of drug-likeness (QED) is 0.457. The Morgan fingerprint density at radius 2 is 1.42 bits per heavy atom. The molecule has 3 rings (SSSR count). The molecule has 0 aliphatic heterocycles. The molecule has 0 aromatic heterocycles. The van der Waals surface area contributed by atoms with Crippen LogP contribution in [0.25, 0.3) is 21.5 Å². The predicted octanol–water partition coefficient (Wildman–Crippen LogP) is 5.21. The second kappa shape index (κ2) is 4.39. The van der Waals surface area contributed by atoms with Crippen LogP contribution in [0.4, 0.5) is 0 Å². The van der Waals surface area contributed by atoms with Crippen molar-refractivity contribution >= 4 is 29.9 Å². The highest BCUT2D eigenvalue weighted by Gasteiger charge is 2.18. The monoisotopic (exact) mass is 266 g/mol. The zero-order valence-electron chi connectivity index (χ0n) is 11.6. The minimum atomic E-state index is -1.60. The molecule has 0 heterocycles. The first-order chi connectivity index (χ1) is 9.04. The Hall–Kier alpha value is -1.80. The smallest absolute Gasteiger partial charge is 0.242 e. The fourth-order valence-electron chi connectivity index (χ4n) is 2.44. The molecule has 0 aliphatic rings. The van der Waals surface area contributed by atoms with Crippen molar-refractivity contribution in [2.75, 3.05) is 0 Å². The molecule has 0 fully saturated rings. The highest BCUT2D eigenvalue weighted by molar-refractivity contribution is 6.70. The Kier molecular flexibility index (Phi) is 2.83. The summed E-state index contributed by atoms with van der Waals surface area (Å²) < 4.78 is 6.26. The molecule has 1 nitrogen and oxygen atoms in total. The van der Waals surface area contributed by atoms with Gasteiger partial charge in [0.2, 0.25) is 8.32 Å². The van der Waals surface area contributed by atoms with E-state index in [0.29, 0.717) is 0 Å². The lowest BCUT2D eigenvalue weighted by Crippen LogP contribution is -2.29. The molecule has 3 aromatic carbocycles. The second-order valence-corrected chi connectivity index (χ2v) is 10.3. The molecular weight excluding hydrogens is 248 g/mol. The summed E-state index contributed by atoms with van der Waals surface area (Å²) in [5.41, 5.74) is 0. The number of hydrogen-bond donors (Lipinski definition) is 0. The van der Waals surface area contributed by atoms with Crippen LogP contribution in [0.2, 0.25) is 19.6 Å². The molecule has 96 valence electrons. The number of rotatable bonds is 2. The first-order valence-electron chi connectivity index (χ1n) is 6.64. The third-order valence-corrected chi connectivity index (χ3v) is 3.98. The van der Waals surface area contributed by atoms with Gasteiger partial charge >= 0.3 is 0 Å². The molecule has 0 amide bonds. The SMILES string of the molecule is C[Si](C)(C)Oc1cccc2ccc3ccccc3c12. The lowest BCUT2D eigenvalue weighted by Gasteiger charge is -2.21. The van der Waals surface area contributed by atoms with E-state index >= 15 is 0 Å². The van der Waals surface area contributed by atoms with Crippen molar-refractivity contribution in [3.63, 3.8) is 0 Å². The van der Waals surface area contributed by atoms with Gasteiger partial charge in [-0.1, -0.05) is 48.5 Å². The van der Waals surface area contributed by atoms with Gasteiger partial charge < -0.3 is 4.43 Å². The van der Waals surface area contributed by atoms with E-state index in [0.717, 1.165) is 5.75 Å². The maximum atomic E-state index is 6.26. The molecule has 0 saturated heterocycles. The highest BCUT2D eigenvalue weighted by Crippen LogP contribution is 2.34. The maximum Gasteiger partial charge on any atom is 0.242 e. The van der Waals surface area contributed by atoms with E-state index < -0.39 is 8.32 Å². The van der Waals surface area contributed by atoms with E-state index in [1.165, 1.54) is 21.5 Å². The molecule has 0 saturated carbocycles. The van der Waals surface area contributed by atoms with Gasteiger partial charge in [-0.3, -0.25) is 0 Å². The zero-order valence-corrected chi connectivity index (χ0v) is 12.6. The molecule has 3 aromatic rings. The van der Waals surface area contributed by atoms with Crippen LogP contribution in [-0.4, -0.2) is 8.32 Å². The Balaban J connectivity index is 2.36. The third kappa shape index (κ3) is 2.36. The predicted molar refractivity (Wildman–Crippen MR) is 85.4 cm³/mol. The molecule has 0 spiro atoms. The maximum absolute atomic E-state index is 6.26. The van der Waals surface area contributed by atoms with Crippen LogP contribution in [0.15, 0.2) is 54.6 Å². The summed E-state index contributed by atoms with van der Waals surface area (Å²) in [4.78, 5) is 0. The van der Waals surface area contributed by atoms with Crippen LogP contribution in [0.5, 0.6) is 5.75 Å². The normalized spacial score (nSPS) is 11.9. The minimum absolute atomic E-state index is 1.02. The van der Waals surface area contributed by atoms with Crippen molar-refractivity contribution in [3.8, 4) is 5.75 Å². The largest absolute Gasteiger partial charge is 0.544 e. The van der Waals surface area contributed by atoms with Gasteiger partial charge in [0.25, 0.3) is 0 Å². The highest BCUT2D eigenvalue weighted by atomic mass is 28.4. The van der Waals surface area contributed by atoms with E-state index in [-0.39, 0.29) is 0 Å². The first-order valence-corrected chi connectivity index (χ1v) is 10.0. The van der Waals surface area contributed by atoms with E-state index in [1.807, 2.05) is 0 Å². The Labute approximate surface area is 115 Å². The van der Waals surface area contributed by atoms with Crippen LogP contribution >= 0.6 is 0 Å². The lowest BCUT2D eigenvalue weighted by molar-refractivity contribution is 0.564. The van der Waals surface area contributed by atoms with Crippen molar-refractivity contribution in [2.45, 2.75) is 19.6 Å². The van der Waals surface area contributed by atoms with Crippen molar-refractivity contribution in [3.05, 3.63) is 54.6 Å². The van der Waals surface area contributed by atoms with Gasteiger partial charge in [0, 0.05) is 5.39 Å². The molecule has 0 N–H and O–H groups in total. The van der Waals surface area contributed by atoms with Gasteiger partial charge in [0.1, 0.15) is 5.75 Å². The Morgan fingerprint density at radius 1 is 0.737 bits per heavy atom. The second-order valence-electron chi connectivity index (χ2n) is 5.86. The molecular formula is C17H18OSi. The summed E-state index contributed by atoms with van der Waals surface area (Å²) in [6.45, 7) is 6.66. The van der Waals surface area contributed by atoms with Gasteiger partial charge in [-0.25, -0.2) is 0 Å². The summed E-state index contributed by atoms with van der Waals surface area (Å²) in [5.74, 6) is 1.02. The van der Waals surface area contributed by atoms with Crippen LogP contribution in [0, 0.1) is 0 Å². The van der Waals surface area contributed by atoms with Crippen molar-refractivity contribution < 1.29 is 4.43 Å². The summed E-state index contributed by atoms with van der Waals surface area (Å²) in [7, 11) is -1.60. The average Bonchev–Trinajstić information content (AvgIpc) is 2.37. The molecule has 2 heteroatoms. The van der Waals surface area contributed by atoms with Crippen molar-refractivity contribution in [1.82, 2.24) is 0 Å². The van der Waals surface area contributed by atoms with Crippen molar-refractivity contribution in [1.29, 1.82) is 0 Å². The fraction of sp³-hybridized carbons (Fsp3) is 0.176. The summed E-state index contributed by atoms with van der Waals surface area (Å²) in [6, 6.07) is 19.2. The topological polar surface area (TPSA) is 9.23 Å². The summed E-state index contributed by atoms with van der Waals surface area (Å²) >= 11 is 0. The van der Waals surface area contributed by atoms with Gasteiger partial charge in [0.15, 0.2) is 0 Å². The van der Waals surface area contributed by atoms with E-state index in [1.54, 1.807) is 0 Å². The van der Waals surface area contributed by atoms with Crippen LogP contribution < -0.4 is 4.43 Å². The number of fused-ring (bicyclic) bond motifs is 3. The van der Waals surface area contributed by atoms with Crippen molar-refractivity contribution in [2.24, 2.45) is 0 Å². The van der Waals surface area contributed by atoms with Gasteiger partial charge in [-0.2, -0.15) is 0 Å². The van der Waals surface area contributed by atoms with Gasteiger partial charge in [-0.05, 0) is 41.9 Å². The summed E-state index contributed by atoms with van der Waals surface area (Å²) in [6.07, 6.45) is 0. The average molecular weight is 266 g/mol. The molecule has 0 radical (unpaired) electrons. The minimum Gasteiger partial charge on any atom is -0.544 e. The third-order valence-electron chi connectivity index (χ3n) is 3.15. The zero-order chi connectivity index (χ0) is 13.5.